The topological polar surface area (TPSA) is 56.5 Å². The molecule has 146 valence electrons. The molecule has 1 aromatic heterocycles. The van der Waals surface area contributed by atoms with Crippen LogP contribution in [0.4, 0.5) is 0 Å². The number of hydrogen-bond acceptors (Lipinski definition) is 4. The fraction of sp³-hybridized carbons (Fsp3) is 0.280. The van der Waals surface area contributed by atoms with Crippen molar-refractivity contribution in [3.8, 4) is 5.75 Å². The molecule has 0 saturated heterocycles. The zero-order valence-corrected chi connectivity index (χ0v) is 16.7. The summed E-state index contributed by atoms with van der Waals surface area (Å²) in [5.74, 6) is 0.771. The number of ether oxygens (including phenoxy) is 1. The predicted molar refractivity (Wildman–Crippen MR) is 111 cm³/mol. The van der Waals surface area contributed by atoms with E-state index in [4.69, 9.17) is 9.15 Å². The molecule has 1 aliphatic carbocycles. The Labute approximate surface area is 168 Å². The highest BCUT2D eigenvalue weighted by Gasteiger charge is 2.44. The Morgan fingerprint density at radius 1 is 1.00 bits per heavy atom. The van der Waals surface area contributed by atoms with Crippen LogP contribution in [0.3, 0.4) is 0 Å². The van der Waals surface area contributed by atoms with Crippen molar-refractivity contribution in [3.63, 3.8) is 0 Å². The van der Waals surface area contributed by atoms with Gasteiger partial charge in [0.05, 0.1) is 16.9 Å². The van der Waals surface area contributed by atoms with Crippen LogP contribution in [0.15, 0.2) is 69.1 Å². The van der Waals surface area contributed by atoms with Crippen LogP contribution in [-0.2, 0) is 4.79 Å². The molecular formula is C25H22O4. The Balaban J connectivity index is 1.86. The summed E-state index contributed by atoms with van der Waals surface area (Å²) >= 11 is 0. The molecule has 3 aromatic rings. The lowest BCUT2D eigenvalue weighted by molar-refractivity contribution is -0.118. The number of carbonyl (C=O) groups excluding carboxylic acids is 1. The fourth-order valence-electron chi connectivity index (χ4n) is 4.64. The van der Waals surface area contributed by atoms with Gasteiger partial charge in [-0.3, -0.25) is 4.79 Å². The number of aryl methyl sites for hydroxylation is 1. The molecule has 4 nitrogen and oxygen atoms in total. The zero-order valence-electron chi connectivity index (χ0n) is 16.7. The molecule has 2 heterocycles. The number of Topliss-reactive ketones (excluding diaryl/α,β-unsaturated/α-hetero) is 1. The predicted octanol–water partition coefficient (Wildman–Crippen LogP) is 5.27. The minimum absolute atomic E-state index is 0.0426. The van der Waals surface area contributed by atoms with Crippen molar-refractivity contribution in [1.82, 2.24) is 0 Å². The molecular weight excluding hydrogens is 364 g/mol. The van der Waals surface area contributed by atoms with Crippen molar-refractivity contribution in [3.05, 3.63) is 87.0 Å². The SMILES string of the molecule is Cc1cccc(C2C3=C(CC(C)(C)CC3=O)Oc3c2c(=O)oc2ccccc32)c1. The molecule has 4 heteroatoms. The number of ketones is 1. The number of allylic oxidation sites excluding steroid dienone is 2. The number of rotatable bonds is 1. The number of para-hydroxylation sites is 1. The van der Waals surface area contributed by atoms with Crippen LogP contribution in [-0.4, -0.2) is 5.78 Å². The van der Waals surface area contributed by atoms with Crippen LogP contribution in [0.25, 0.3) is 11.0 Å². The average molecular weight is 386 g/mol. The summed E-state index contributed by atoms with van der Waals surface area (Å²) in [6.07, 6.45) is 1.09. The molecule has 0 saturated carbocycles. The summed E-state index contributed by atoms with van der Waals surface area (Å²) in [5, 5.41) is 0.752. The van der Waals surface area contributed by atoms with Crippen LogP contribution in [0, 0.1) is 12.3 Å². The number of fused-ring (bicyclic) bond motifs is 3. The molecule has 0 radical (unpaired) electrons. The first-order chi connectivity index (χ1) is 13.8. The number of benzene rings is 2. The van der Waals surface area contributed by atoms with Crippen LogP contribution in [0.2, 0.25) is 0 Å². The van der Waals surface area contributed by atoms with E-state index in [-0.39, 0.29) is 11.2 Å². The van der Waals surface area contributed by atoms with Gasteiger partial charge in [0, 0.05) is 18.4 Å². The molecule has 0 bridgehead atoms. The van der Waals surface area contributed by atoms with Gasteiger partial charge in [0.1, 0.15) is 17.1 Å². The van der Waals surface area contributed by atoms with Gasteiger partial charge in [-0.1, -0.05) is 55.8 Å². The summed E-state index contributed by atoms with van der Waals surface area (Å²) in [6.45, 7) is 6.16. The van der Waals surface area contributed by atoms with Gasteiger partial charge in [0.25, 0.3) is 0 Å². The van der Waals surface area contributed by atoms with Gasteiger partial charge in [0.2, 0.25) is 0 Å². The minimum atomic E-state index is -0.474. The second-order valence-corrected chi connectivity index (χ2v) is 8.86. The van der Waals surface area contributed by atoms with E-state index in [1.807, 2.05) is 49.4 Å². The van der Waals surface area contributed by atoms with Crippen molar-refractivity contribution in [2.24, 2.45) is 5.41 Å². The molecule has 1 atom stereocenters. The molecule has 1 unspecified atom stereocenters. The molecule has 0 fully saturated rings. The maximum atomic E-state index is 13.2. The standard InChI is InChI=1S/C25H22O4/c1-14-7-6-8-15(11-14)20-21-17(26)12-25(2,3)13-19(21)28-23-16-9-4-5-10-18(16)29-24(27)22(20)23/h4-11,20H,12-13H2,1-3H3. The van der Waals surface area contributed by atoms with E-state index in [0.29, 0.717) is 41.1 Å². The summed E-state index contributed by atoms with van der Waals surface area (Å²) in [7, 11) is 0. The molecule has 2 aliphatic rings. The molecule has 2 aromatic carbocycles. The van der Waals surface area contributed by atoms with Gasteiger partial charge >= 0.3 is 5.63 Å². The Kier molecular flexibility index (Phi) is 3.82. The van der Waals surface area contributed by atoms with Gasteiger partial charge in [-0.2, -0.15) is 0 Å². The Hall–Kier alpha value is -3.14. The van der Waals surface area contributed by atoms with Gasteiger partial charge in [-0.05, 0) is 30.0 Å². The van der Waals surface area contributed by atoms with E-state index in [9.17, 15) is 9.59 Å². The van der Waals surface area contributed by atoms with Crippen LogP contribution >= 0.6 is 0 Å². The van der Waals surface area contributed by atoms with E-state index >= 15 is 0 Å². The monoisotopic (exact) mass is 386 g/mol. The van der Waals surface area contributed by atoms with Crippen molar-refractivity contribution in [1.29, 1.82) is 0 Å². The minimum Gasteiger partial charge on any atom is -0.460 e. The second kappa shape index (κ2) is 6.18. The first-order valence-electron chi connectivity index (χ1n) is 9.90. The quantitative estimate of drug-likeness (QED) is 0.535. The molecule has 0 spiro atoms. The lowest BCUT2D eigenvalue weighted by Gasteiger charge is -2.38. The summed E-state index contributed by atoms with van der Waals surface area (Å²) in [4.78, 5) is 26.3. The second-order valence-electron chi connectivity index (χ2n) is 8.86. The van der Waals surface area contributed by atoms with Crippen LogP contribution in [0.5, 0.6) is 5.75 Å². The summed E-state index contributed by atoms with van der Waals surface area (Å²) in [6, 6.07) is 15.4. The largest absolute Gasteiger partial charge is 0.460 e. The third-order valence-corrected chi connectivity index (χ3v) is 5.86. The third-order valence-electron chi connectivity index (χ3n) is 5.86. The Bertz CT molecular complexity index is 1260. The molecule has 29 heavy (non-hydrogen) atoms. The van der Waals surface area contributed by atoms with Gasteiger partial charge in [-0.25, -0.2) is 4.79 Å². The first-order valence-corrected chi connectivity index (χ1v) is 9.90. The third kappa shape index (κ3) is 2.82. The first kappa shape index (κ1) is 17.9. The van der Waals surface area contributed by atoms with Gasteiger partial charge < -0.3 is 9.15 Å². The molecule has 0 N–H and O–H groups in total. The summed E-state index contributed by atoms with van der Waals surface area (Å²) in [5.41, 5.74) is 2.87. The number of carbonyl (C=O) groups is 1. The van der Waals surface area contributed by atoms with E-state index in [0.717, 1.165) is 16.5 Å². The normalized spacial score (nSPS) is 20.2. The molecule has 1 aliphatic heterocycles. The maximum Gasteiger partial charge on any atom is 0.344 e. The smallest absolute Gasteiger partial charge is 0.344 e. The lowest BCUT2D eigenvalue weighted by Crippen LogP contribution is -2.34. The lowest BCUT2D eigenvalue weighted by atomic mass is 9.70. The van der Waals surface area contributed by atoms with Crippen LogP contribution in [0.1, 0.15) is 49.3 Å². The fourth-order valence-corrected chi connectivity index (χ4v) is 4.64. The Morgan fingerprint density at radius 2 is 1.79 bits per heavy atom. The zero-order chi connectivity index (χ0) is 20.3. The molecule has 0 amide bonds. The van der Waals surface area contributed by atoms with E-state index in [1.165, 1.54) is 0 Å². The maximum absolute atomic E-state index is 13.2. The van der Waals surface area contributed by atoms with Crippen molar-refractivity contribution in [2.75, 3.05) is 0 Å². The van der Waals surface area contributed by atoms with Crippen molar-refractivity contribution < 1.29 is 13.9 Å². The highest BCUT2D eigenvalue weighted by molar-refractivity contribution is 6.01. The van der Waals surface area contributed by atoms with Gasteiger partial charge in [0.15, 0.2) is 5.78 Å². The van der Waals surface area contributed by atoms with Crippen molar-refractivity contribution >= 4 is 16.8 Å². The number of hydrogen-bond donors (Lipinski definition) is 0. The Morgan fingerprint density at radius 3 is 2.59 bits per heavy atom. The van der Waals surface area contributed by atoms with Crippen molar-refractivity contribution in [2.45, 2.75) is 39.5 Å². The van der Waals surface area contributed by atoms with E-state index in [2.05, 4.69) is 13.8 Å². The summed E-state index contributed by atoms with van der Waals surface area (Å²) < 4.78 is 11.9. The average Bonchev–Trinajstić information content (AvgIpc) is 2.65. The van der Waals surface area contributed by atoms with E-state index in [1.54, 1.807) is 6.07 Å². The van der Waals surface area contributed by atoms with Gasteiger partial charge in [-0.15, -0.1) is 0 Å². The highest BCUT2D eigenvalue weighted by Crippen LogP contribution is 2.50. The van der Waals surface area contributed by atoms with Crippen LogP contribution < -0.4 is 10.4 Å². The molecule has 5 rings (SSSR count). The van der Waals surface area contributed by atoms with E-state index < -0.39 is 11.5 Å². The highest BCUT2D eigenvalue weighted by atomic mass is 16.5.